The van der Waals surface area contributed by atoms with Crippen molar-refractivity contribution >= 4 is 11.5 Å². The van der Waals surface area contributed by atoms with Gasteiger partial charge in [-0.15, -0.1) is 0 Å². The molecule has 2 saturated carbocycles. The van der Waals surface area contributed by atoms with E-state index in [2.05, 4.69) is 0 Å². The lowest BCUT2D eigenvalue weighted by atomic mass is 9.59. The Morgan fingerprint density at radius 2 is 1.93 bits per heavy atom. The third kappa shape index (κ3) is 3.14. The Labute approximate surface area is 161 Å². The second-order valence-corrected chi connectivity index (χ2v) is 7.28. The molecule has 1 N–H and O–H groups in total. The second-order valence-electron chi connectivity index (χ2n) is 7.28. The van der Waals surface area contributed by atoms with Crippen LogP contribution in [0, 0.1) is 22.0 Å². The molecule has 0 amide bonds. The molecule has 3 aliphatic rings. The van der Waals surface area contributed by atoms with Gasteiger partial charge in [0, 0.05) is 12.0 Å². The third-order valence-corrected chi connectivity index (χ3v) is 6.46. The van der Waals surface area contributed by atoms with E-state index in [9.17, 15) is 20.0 Å². The summed E-state index contributed by atoms with van der Waals surface area (Å²) >= 11 is 0. The van der Waals surface area contributed by atoms with E-state index in [0.29, 0.717) is 31.4 Å². The minimum atomic E-state index is -1.16. The Bertz CT molecular complexity index is 732. The summed E-state index contributed by atoms with van der Waals surface area (Å²) in [6.07, 6.45) is 3.76. The molecular weight excluding hydrogens is 346 g/mol. The summed E-state index contributed by atoms with van der Waals surface area (Å²) in [5.41, 5.74) is 0.712. The van der Waals surface area contributed by atoms with E-state index < -0.39 is 5.60 Å². The van der Waals surface area contributed by atoms with Crippen molar-refractivity contribution in [1.29, 1.82) is 0 Å². The van der Waals surface area contributed by atoms with Gasteiger partial charge in [-0.2, -0.15) is 0 Å². The molecule has 6 heteroatoms. The van der Waals surface area contributed by atoms with Crippen molar-refractivity contribution in [2.75, 3.05) is 7.11 Å². The van der Waals surface area contributed by atoms with Gasteiger partial charge in [-0.05, 0) is 61.5 Å². The van der Waals surface area contributed by atoms with Crippen molar-refractivity contribution < 1.29 is 19.6 Å². The summed E-state index contributed by atoms with van der Waals surface area (Å²) in [7, 11) is 1.45. The molecule has 4 atom stereocenters. The maximum Gasteiger partial charge on any atom is 0.314 e. The molecule has 0 aliphatic heterocycles. The number of rotatable bonds is 2. The largest absolute Gasteiger partial charge is 0.490 e. The van der Waals surface area contributed by atoms with E-state index in [1.807, 2.05) is 19.9 Å². The maximum absolute atomic E-state index is 12.1. The monoisotopic (exact) mass is 377 g/mol. The van der Waals surface area contributed by atoms with Gasteiger partial charge in [0.1, 0.15) is 5.60 Å². The van der Waals surface area contributed by atoms with E-state index in [4.69, 9.17) is 4.74 Å². The average Bonchev–Trinajstić information content (AvgIpc) is 2.96. The molecule has 1 aromatic rings. The predicted octanol–water partition coefficient (Wildman–Crippen LogP) is 4.42. The Hall–Kier alpha value is -1.95. The minimum Gasteiger partial charge on any atom is -0.490 e. The van der Waals surface area contributed by atoms with Crippen molar-refractivity contribution in [3.8, 4) is 5.75 Å². The summed E-state index contributed by atoms with van der Waals surface area (Å²) in [4.78, 5) is 23.3. The van der Waals surface area contributed by atoms with E-state index in [-0.39, 0.29) is 41.6 Å². The summed E-state index contributed by atoms with van der Waals surface area (Å²) in [6.45, 7) is 4.00. The van der Waals surface area contributed by atoms with Crippen LogP contribution in [-0.2, 0) is 11.2 Å². The number of nitro benzene ring substituents is 1. The summed E-state index contributed by atoms with van der Waals surface area (Å²) < 4.78 is 5.18. The first kappa shape index (κ1) is 21.4. The second kappa shape index (κ2) is 7.97. The first-order valence-electron chi connectivity index (χ1n) is 9.57. The molecule has 1 aromatic carbocycles. The normalized spacial score (nSPS) is 30.7. The highest BCUT2D eigenvalue weighted by Gasteiger charge is 2.57. The summed E-state index contributed by atoms with van der Waals surface area (Å²) in [5.74, 6) is 0.710. The number of hydrogen-bond acceptors (Lipinski definition) is 5. The average molecular weight is 377 g/mol. The minimum absolute atomic E-state index is 0. The zero-order valence-electron chi connectivity index (χ0n) is 15.7. The molecule has 0 aromatic heterocycles. The van der Waals surface area contributed by atoms with Crippen molar-refractivity contribution in [2.45, 2.75) is 71.3 Å². The first-order valence-corrected chi connectivity index (χ1v) is 9.57. The smallest absolute Gasteiger partial charge is 0.314 e. The van der Waals surface area contributed by atoms with Crippen molar-refractivity contribution in [3.05, 3.63) is 33.4 Å². The SMILES string of the molecule is C.CC.COc1ccc2c(c1[N+](=O)[O-])CCC1C2CCC2(O)C(=O)CCC12. The number of carbonyl (C=O) groups is 1. The molecule has 0 saturated heterocycles. The van der Waals surface area contributed by atoms with Gasteiger partial charge >= 0.3 is 5.69 Å². The molecule has 2 fully saturated rings. The number of nitro groups is 1. The zero-order chi connectivity index (χ0) is 19.1. The lowest BCUT2D eigenvalue weighted by molar-refractivity contribution is -0.386. The molecule has 6 nitrogen and oxygen atoms in total. The maximum atomic E-state index is 12.1. The van der Waals surface area contributed by atoms with Crippen molar-refractivity contribution in [3.63, 3.8) is 0 Å². The fourth-order valence-electron chi connectivity index (χ4n) is 5.42. The van der Waals surface area contributed by atoms with Crippen molar-refractivity contribution in [1.82, 2.24) is 0 Å². The number of ether oxygens (including phenoxy) is 1. The van der Waals surface area contributed by atoms with Crippen LogP contribution in [0.4, 0.5) is 5.69 Å². The van der Waals surface area contributed by atoms with Crippen LogP contribution in [0.5, 0.6) is 5.75 Å². The lowest BCUT2D eigenvalue weighted by Gasteiger charge is -2.47. The highest BCUT2D eigenvalue weighted by atomic mass is 16.6. The molecular formula is C21H31NO5. The molecule has 3 aliphatic carbocycles. The summed E-state index contributed by atoms with van der Waals surface area (Å²) in [6, 6.07) is 3.62. The van der Waals surface area contributed by atoms with Crippen LogP contribution >= 0.6 is 0 Å². The number of aliphatic hydroxyl groups is 1. The number of hydrogen-bond donors (Lipinski definition) is 1. The number of Topliss-reactive ketones (excluding diaryl/α,β-unsaturated/α-hetero) is 1. The quantitative estimate of drug-likeness (QED) is 0.609. The van der Waals surface area contributed by atoms with Crippen LogP contribution < -0.4 is 4.74 Å². The first-order chi connectivity index (χ1) is 12.5. The van der Waals surface area contributed by atoms with E-state index in [1.165, 1.54) is 7.11 Å². The van der Waals surface area contributed by atoms with Crippen LogP contribution in [0.1, 0.15) is 70.4 Å². The van der Waals surface area contributed by atoms with Crippen LogP contribution in [0.15, 0.2) is 12.1 Å². The Morgan fingerprint density at radius 3 is 2.56 bits per heavy atom. The van der Waals surface area contributed by atoms with Crippen LogP contribution in [0.25, 0.3) is 0 Å². The fraction of sp³-hybridized carbons (Fsp3) is 0.667. The van der Waals surface area contributed by atoms with Gasteiger partial charge in [-0.1, -0.05) is 27.3 Å². The van der Waals surface area contributed by atoms with E-state index in [1.54, 1.807) is 6.07 Å². The van der Waals surface area contributed by atoms with E-state index in [0.717, 1.165) is 24.0 Å². The topological polar surface area (TPSA) is 89.7 Å². The molecule has 4 rings (SSSR count). The highest BCUT2D eigenvalue weighted by Crippen LogP contribution is 2.57. The van der Waals surface area contributed by atoms with Gasteiger partial charge in [0.15, 0.2) is 11.5 Å². The Morgan fingerprint density at radius 1 is 1.22 bits per heavy atom. The standard InChI is InChI=1S/C18H21NO5.C2H6.CH4/c1-24-15-6-4-10-11-8-9-18(21)14(5-7-16(18)20)12(11)2-3-13(10)17(15)19(22)23;1-2;/h4,6,11-12,14,21H,2-3,5,7-9H2,1H3;1-2H3;1H4. The number of carbonyl (C=O) groups excluding carboxylic acids is 1. The van der Waals surface area contributed by atoms with Crippen LogP contribution in [-0.4, -0.2) is 28.5 Å². The summed E-state index contributed by atoms with van der Waals surface area (Å²) in [5, 5.41) is 22.3. The Kier molecular flexibility index (Phi) is 6.30. The lowest BCUT2D eigenvalue weighted by Crippen LogP contribution is -2.49. The van der Waals surface area contributed by atoms with Gasteiger partial charge in [0.05, 0.1) is 12.0 Å². The Balaban J connectivity index is 0.000000844. The van der Waals surface area contributed by atoms with Crippen molar-refractivity contribution in [2.24, 2.45) is 11.8 Å². The van der Waals surface area contributed by atoms with Gasteiger partial charge < -0.3 is 9.84 Å². The predicted molar refractivity (Wildman–Crippen MR) is 104 cm³/mol. The zero-order valence-corrected chi connectivity index (χ0v) is 15.7. The van der Waals surface area contributed by atoms with Crippen LogP contribution in [0.3, 0.4) is 0 Å². The molecule has 27 heavy (non-hydrogen) atoms. The molecule has 0 bridgehead atoms. The number of methoxy groups -OCH3 is 1. The van der Waals surface area contributed by atoms with Gasteiger partial charge in [0.2, 0.25) is 0 Å². The molecule has 0 radical (unpaired) electrons. The van der Waals surface area contributed by atoms with Gasteiger partial charge in [0.25, 0.3) is 0 Å². The molecule has 0 spiro atoms. The number of fused-ring (bicyclic) bond motifs is 5. The number of nitrogens with zero attached hydrogens (tertiary/aromatic N) is 1. The highest BCUT2D eigenvalue weighted by molar-refractivity contribution is 5.90. The fourth-order valence-corrected chi connectivity index (χ4v) is 5.42. The third-order valence-electron chi connectivity index (χ3n) is 6.46. The molecule has 150 valence electrons. The van der Waals surface area contributed by atoms with Gasteiger partial charge in [-0.25, -0.2) is 0 Å². The van der Waals surface area contributed by atoms with Gasteiger partial charge in [-0.3, -0.25) is 14.9 Å². The van der Waals surface area contributed by atoms with E-state index >= 15 is 0 Å². The molecule has 0 heterocycles. The van der Waals surface area contributed by atoms with Crippen LogP contribution in [0.2, 0.25) is 0 Å². The molecule has 4 unspecified atom stereocenters. The number of benzene rings is 1. The number of ketones is 1.